The van der Waals surface area contributed by atoms with Gasteiger partial charge in [-0.25, -0.2) is 0 Å². The maximum atomic E-state index is 3.49. The summed E-state index contributed by atoms with van der Waals surface area (Å²) < 4.78 is 0. The van der Waals surface area contributed by atoms with Crippen LogP contribution in [0.4, 0.5) is 0 Å². The van der Waals surface area contributed by atoms with Gasteiger partial charge in [0.25, 0.3) is 0 Å². The van der Waals surface area contributed by atoms with Gasteiger partial charge < -0.3 is 10.6 Å². The van der Waals surface area contributed by atoms with E-state index in [0.717, 1.165) is 19.6 Å². The van der Waals surface area contributed by atoms with E-state index in [-0.39, 0.29) is 12.4 Å². The standard InChI is InChI=1S/C11H16N2.ClH/c1-9-2-4-10(5-3-9)11-8-12-6-7-13-11;/h2-5,11-13H,6-8H2,1H3;1H/t11-;/m0./s1. The highest BCUT2D eigenvalue weighted by Gasteiger charge is 2.12. The van der Waals surface area contributed by atoms with E-state index < -0.39 is 0 Å². The molecular formula is C11H17ClN2. The van der Waals surface area contributed by atoms with Crippen LogP contribution in [0.15, 0.2) is 24.3 Å². The van der Waals surface area contributed by atoms with Crippen LogP contribution >= 0.6 is 12.4 Å². The zero-order valence-corrected chi connectivity index (χ0v) is 9.23. The third kappa shape index (κ3) is 2.71. The van der Waals surface area contributed by atoms with Crippen LogP contribution in [0.25, 0.3) is 0 Å². The number of halogens is 1. The Labute approximate surface area is 91.5 Å². The first-order chi connectivity index (χ1) is 6.36. The highest BCUT2D eigenvalue weighted by Crippen LogP contribution is 2.13. The van der Waals surface area contributed by atoms with Gasteiger partial charge in [-0.1, -0.05) is 29.8 Å². The summed E-state index contributed by atoms with van der Waals surface area (Å²) in [6.45, 7) is 5.32. The first-order valence-corrected chi connectivity index (χ1v) is 4.87. The molecule has 2 rings (SSSR count). The average Bonchev–Trinajstić information content (AvgIpc) is 2.20. The van der Waals surface area contributed by atoms with Crippen LogP contribution in [0.5, 0.6) is 0 Å². The lowest BCUT2D eigenvalue weighted by Gasteiger charge is -2.24. The molecule has 0 unspecified atom stereocenters. The molecule has 0 amide bonds. The summed E-state index contributed by atoms with van der Waals surface area (Å²) in [4.78, 5) is 0. The van der Waals surface area contributed by atoms with Crippen molar-refractivity contribution in [1.82, 2.24) is 10.6 Å². The smallest absolute Gasteiger partial charge is 0.0447 e. The Kier molecular flexibility index (Phi) is 4.39. The Morgan fingerprint density at radius 3 is 2.43 bits per heavy atom. The van der Waals surface area contributed by atoms with E-state index in [1.165, 1.54) is 11.1 Å². The maximum Gasteiger partial charge on any atom is 0.0447 e. The molecule has 0 radical (unpaired) electrons. The summed E-state index contributed by atoms with van der Waals surface area (Å²) in [5.74, 6) is 0. The third-order valence-electron chi connectivity index (χ3n) is 2.52. The zero-order valence-electron chi connectivity index (χ0n) is 8.42. The Morgan fingerprint density at radius 2 is 1.86 bits per heavy atom. The van der Waals surface area contributed by atoms with Crippen molar-refractivity contribution in [2.45, 2.75) is 13.0 Å². The molecule has 1 aromatic carbocycles. The number of benzene rings is 1. The third-order valence-corrected chi connectivity index (χ3v) is 2.52. The van der Waals surface area contributed by atoms with Crippen LogP contribution in [0.2, 0.25) is 0 Å². The summed E-state index contributed by atoms with van der Waals surface area (Å²) in [6, 6.07) is 9.26. The summed E-state index contributed by atoms with van der Waals surface area (Å²) in [6.07, 6.45) is 0. The monoisotopic (exact) mass is 212 g/mol. The van der Waals surface area contributed by atoms with Crippen molar-refractivity contribution in [3.63, 3.8) is 0 Å². The second-order valence-corrected chi connectivity index (χ2v) is 3.62. The van der Waals surface area contributed by atoms with Gasteiger partial charge in [0.15, 0.2) is 0 Å². The molecule has 0 saturated carbocycles. The highest BCUT2D eigenvalue weighted by atomic mass is 35.5. The molecule has 2 N–H and O–H groups in total. The molecule has 1 aromatic rings. The molecule has 0 spiro atoms. The molecule has 0 bridgehead atoms. The molecule has 1 atom stereocenters. The first kappa shape index (κ1) is 11.5. The number of nitrogens with one attached hydrogen (secondary N) is 2. The van der Waals surface area contributed by atoms with Gasteiger partial charge in [-0.15, -0.1) is 12.4 Å². The molecule has 14 heavy (non-hydrogen) atoms. The fraction of sp³-hybridized carbons (Fsp3) is 0.455. The summed E-state index contributed by atoms with van der Waals surface area (Å²) in [5, 5.41) is 6.88. The van der Waals surface area contributed by atoms with Crippen LogP contribution in [-0.4, -0.2) is 19.6 Å². The molecule has 2 nitrogen and oxygen atoms in total. The van der Waals surface area contributed by atoms with Crippen molar-refractivity contribution in [1.29, 1.82) is 0 Å². The van der Waals surface area contributed by atoms with E-state index in [4.69, 9.17) is 0 Å². The number of rotatable bonds is 1. The summed E-state index contributed by atoms with van der Waals surface area (Å²) >= 11 is 0. The molecule has 78 valence electrons. The van der Waals surface area contributed by atoms with E-state index in [1.807, 2.05) is 0 Å². The zero-order chi connectivity index (χ0) is 9.10. The molecular weight excluding hydrogens is 196 g/mol. The van der Waals surface area contributed by atoms with Crippen LogP contribution in [0.3, 0.4) is 0 Å². The van der Waals surface area contributed by atoms with Gasteiger partial charge in [0.1, 0.15) is 0 Å². The second kappa shape index (κ2) is 5.35. The normalized spacial score (nSPS) is 21.4. The fourth-order valence-corrected chi connectivity index (χ4v) is 1.69. The molecule has 1 aliphatic heterocycles. The van der Waals surface area contributed by atoms with Crippen LogP contribution in [0.1, 0.15) is 17.2 Å². The highest BCUT2D eigenvalue weighted by molar-refractivity contribution is 5.85. The van der Waals surface area contributed by atoms with E-state index in [0.29, 0.717) is 6.04 Å². The van der Waals surface area contributed by atoms with Gasteiger partial charge in [-0.2, -0.15) is 0 Å². The molecule has 1 saturated heterocycles. The minimum absolute atomic E-state index is 0. The van der Waals surface area contributed by atoms with Crippen LogP contribution < -0.4 is 10.6 Å². The molecule has 1 fully saturated rings. The summed E-state index contributed by atoms with van der Waals surface area (Å²) in [5.41, 5.74) is 2.71. The topological polar surface area (TPSA) is 24.1 Å². The van der Waals surface area contributed by atoms with Crippen molar-refractivity contribution in [2.24, 2.45) is 0 Å². The van der Waals surface area contributed by atoms with Gasteiger partial charge in [-0.3, -0.25) is 0 Å². The lowest BCUT2D eigenvalue weighted by atomic mass is 10.0. The minimum Gasteiger partial charge on any atom is -0.314 e. The fourth-order valence-electron chi connectivity index (χ4n) is 1.69. The molecule has 0 aromatic heterocycles. The predicted octanol–water partition coefficient (Wildman–Crippen LogP) is 1.65. The Balaban J connectivity index is 0.000000980. The number of piperazine rings is 1. The van der Waals surface area contributed by atoms with E-state index in [1.54, 1.807) is 0 Å². The van der Waals surface area contributed by atoms with Crippen molar-refractivity contribution in [3.05, 3.63) is 35.4 Å². The second-order valence-electron chi connectivity index (χ2n) is 3.62. The van der Waals surface area contributed by atoms with E-state index in [9.17, 15) is 0 Å². The Bertz CT molecular complexity index is 265. The van der Waals surface area contributed by atoms with E-state index >= 15 is 0 Å². The first-order valence-electron chi connectivity index (χ1n) is 4.87. The number of aryl methyl sites for hydroxylation is 1. The van der Waals surface area contributed by atoms with Crippen molar-refractivity contribution in [2.75, 3.05) is 19.6 Å². The van der Waals surface area contributed by atoms with Crippen molar-refractivity contribution >= 4 is 12.4 Å². The van der Waals surface area contributed by atoms with Gasteiger partial charge in [0.2, 0.25) is 0 Å². The number of hydrogen-bond donors (Lipinski definition) is 2. The lowest BCUT2D eigenvalue weighted by molar-refractivity contribution is 0.430. The number of hydrogen-bond acceptors (Lipinski definition) is 2. The average molecular weight is 213 g/mol. The van der Waals surface area contributed by atoms with Gasteiger partial charge in [-0.05, 0) is 12.5 Å². The van der Waals surface area contributed by atoms with Crippen LogP contribution in [0, 0.1) is 6.92 Å². The van der Waals surface area contributed by atoms with Crippen molar-refractivity contribution < 1.29 is 0 Å². The van der Waals surface area contributed by atoms with Gasteiger partial charge in [0, 0.05) is 25.7 Å². The molecule has 0 aliphatic carbocycles. The lowest BCUT2D eigenvalue weighted by Crippen LogP contribution is -2.42. The van der Waals surface area contributed by atoms with Gasteiger partial charge in [0.05, 0.1) is 0 Å². The minimum atomic E-state index is 0. The molecule has 1 aliphatic rings. The van der Waals surface area contributed by atoms with E-state index in [2.05, 4.69) is 41.8 Å². The van der Waals surface area contributed by atoms with Gasteiger partial charge >= 0.3 is 0 Å². The quantitative estimate of drug-likeness (QED) is 0.740. The summed E-state index contributed by atoms with van der Waals surface area (Å²) in [7, 11) is 0. The van der Waals surface area contributed by atoms with Crippen molar-refractivity contribution in [3.8, 4) is 0 Å². The largest absolute Gasteiger partial charge is 0.314 e. The Hall–Kier alpha value is -0.570. The van der Waals surface area contributed by atoms with Crippen LogP contribution in [-0.2, 0) is 0 Å². The predicted molar refractivity (Wildman–Crippen MR) is 62.0 cm³/mol. The molecule has 1 heterocycles. The maximum absolute atomic E-state index is 3.49. The SMILES string of the molecule is Cc1ccc([C@@H]2CNCCN2)cc1.Cl. The molecule has 3 heteroatoms. The Morgan fingerprint density at radius 1 is 1.14 bits per heavy atom.